The van der Waals surface area contributed by atoms with Crippen molar-refractivity contribution in [3.8, 4) is 67.3 Å². The number of fused-ring (bicyclic) bond motifs is 9. The second-order valence-corrected chi connectivity index (χ2v) is 17.6. The summed E-state index contributed by atoms with van der Waals surface area (Å²) in [5, 5.41) is 7.17. The summed E-state index contributed by atoms with van der Waals surface area (Å²) in [6, 6.07) is 68.8. The summed E-state index contributed by atoms with van der Waals surface area (Å²) < 4.78 is 8.66. The van der Waals surface area contributed by atoms with Gasteiger partial charge in [0.25, 0.3) is 0 Å². The number of hydrogen-bond acceptors (Lipinski definition) is 5. The van der Waals surface area contributed by atoms with Gasteiger partial charge in [-0.15, -0.1) is 11.3 Å². The Labute approximate surface area is 375 Å². The topological polar surface area (TPSA) is 67.6 Å². The van der Waals surface area contributed by atoms with E-state index in [1.165, 1.54) is 64.3 Å². The van der Waals surface area contributed by atoms with Crippen LogP contribution in [-0.4, -0.2) is 19.9 Å². The van der Waals surface area contributed by atoms with E-state index in [2.05, 4.69) is 161 Å². The predicted molar refractivity (Wildman–Crippen MR) is 267 cm³/mol. The third-order valence-corrected chi connectivity index (χ3v) is 13.7. The zero-order valence-electron chi connectivity index (χ0n) is 34.0. The Bertz CT molecular complexity index is 4000. The molecule has 4 aromatic heterocycles. The molecule has 0 atom stereocenters. The average Bonchev–Trinajstić information content (AvgIpc) is 4.04. The number of furan rings is 1. The molecule has 0 fully saturated rings. The van der Waals surface area contributed by atoms with Crippen molar-refractivity contribution in [2.75, 3.05) is 0 Å². The van der Waals surface area contributed by atoms with Crippen LogP contribution in [0.1, 0.15) is 0 Å². The zero-order chi connectivity index (χ0) is 42.3. The molecular formula is C57H33ClN4OS. The number of para-hydroxylation sites is 2. The number of rotatable bonds is 6. The van der Waals surface area contributed by atoms with E-state index in [1.54, 1.807) is 0 Å². The minimum absolute atomic E-state index is 0.134. The first-order valence-corrected chi connectivity index (χ1v) is 22.4. The molecule has 7 heteroatoms. The lowest BCUT2D eigenvalue weighted by Gasteiger charge is -2.09. The highest BCUT2D eigenvalue weighted by atomic mass is 35.5. The average molecular weight is 857 g/mol. The van der Waals surface area contributed by atoms with Crippen LogP contribution >= 0.6 is 22.9 Å². The number of benzene rings is 9. The van der Waals surface area contributed by atoms with Crippen LogP contribution in [0.3, 0.4) is 0 Å². The number of hydrogen-bond donors (Lipinski definition) is 1. The van der Waals surface area contributed by atoms with E-state index in [-0.39, 0.29) is 5.28 Å². The van der Waals surface area contributed by atoms with Crippen molar-refractivity contribution in [2.24, 2.45) is 0 Å². The summed E-state index contributed by atoms with van der Waals surface area (Å²) in [4.78, 5) is 17.7. The molecule has 0 saturated carbocycles. The molecule has 0 aliphatic heterocycles. The molecule has 4 heterocycles. The molecule has 0 amide bonds. The van der Waals surface area contributed by atoms with Gasteiger partial charge >= 0.3 is 0 Å². The van der Waals surface area contributed by atoms with Crippen molar-refractivity contribution in [3.05, 3.63) is 199 Å². The largest absolute Gasteiger partial charge is 0.456 e. The monoisotopic (exact) mass is 856 g/mol. The van der Waals surface area contributed by atoms with Crippen LogP contribution in [0.15, 0.2) is 199 Å². The van der Waals surface area contributed by atoms with Gasteiger partial charge in [0.05, 0.1) is 5.52 Å². The first-order chi connectivity index (χ1) is 31.6. The first kappa shape index (κ1) is 36.7. The summed E-state index contributed by atoms with van der Waals surface area (Å²) >= 11 is 8.39. The number of nitrogens with one attached hydrogen (secondary N) is 1. The van der Waals surface area contributed by atoms with Gasteiger partial charge in [-0.05, 0) is 117 Å². The highest BCUT2D eigenvalue weighted by molar-refractivity contribution is 7.25. The molecule has 300 valence electrons. The maximum atomic E-state index is 6.57. The lowest BCUT2D eigenvalue weighted by Crippen LogP contribution is -1.97. The molecule has 13 aromatic rings. The van der Waals surface area contributed by atoms with Gasteiger partial charge in [-0.2, -0.15) is 9.97 Å². The molecule has 5 nitrogen and oxygen atoms in total. The molecule has 13 rings (SSSR count). The third kappa shape index (κ3) is 6.18. The van der Waals surface area contributed by atoms with E-state index < -0.39 is 0 Å². The van der Waals surface area contributed by atoms with Crippen molar-refractivity contribution in [1.82, 2.24) is 19.9 Å². The van der Waals surface area contributed by atoms with E-state index >= 15 is 0 Å². The maximum absolute atomic E-state index is 6.57. The Kier molecular flexibility index (Phi) is 8.38. The molecule has 1 N–H and O–H groups in total. The summed E-state index contributed by atoms with van der Waals surface area (Å²) in [5.41, 5.74) is 14.9. The van der Waals surface area contributed by atoms with E-state index in [9.17, 15) is 0 Å². The van der Waals surface area contributed by atoms with Crippen LogP contribution in [0.25, 0.3) is 131 Å². The third-order valence-electron chi connectivity index (χ3n) is 12.4. The minimum atomic E-state index is 0.134. The quantitative estimate of drug-likeness (QED) is 0.181. The Hall–Kier alpha value is -7.90. The van der Waals surface area contributed by atoms with Gasteiger partial charge in [0.15, 0.2) is 11.6 Å². The van der Waals surface area contributed by atoms with Crippen LogP contribution in [0.2, 0.25) is 5.28 Å². The second kappa shape index (κ2) is 14.6. The molecule has 0 radical (unpaired) electrons. The molecule has 0 spiro atoms. The number of thiophene rings is 1. The normalized spacial score (nSPS) is 11.8. The highest BCUT2D eigenvalue weighted by Gasteiger charge is 2.16. The van der Waals surface area contributed by atoms with Crippen molar-refractivity contribution >= 4 is 86.9 Å². The van der Waals surface area contributed by atoms with Gasteiger partial charge in [0, 0.05) is 63.9 Å². The molecule has 0 aliphatic rings. The van der Waals surface area contributed by atoms with Crippen LogP contribution in [0, 0.1) is 0 Å². The number of aromatic amines is 1. The van der Waals surface area contributed by atoms with Crippen molar-refractivity contribution < 1.29 is 4.42 Å². The van der Waals surface area contributed by atoms with E-state index in [4.69, 9.17) is 21.0 Å². The van der Waals surface area contributed by atoms with Crippen molar-refractivity contribution in [2.45, 2.75) is 0 Å². The van der Waals surface area contributed by atoms with E-state index in [0.717, 1.165) is 55.2 Å². The van der Waals surface area contributed by atoms with E-state index in [0.29, 0.717) is 11.6 Å². The molecule has 0 unspecified atom stereocenters. The smallest absolute Gasteiger partial charge is 0.226 e. The van der Waals surface area contributed by atoms with Crippen molar-refractivity contribution in [3.63, 3.8) is 0 Å². The summed E-state index contributed by atoms with van der Waals surface area (Å²) in [6.07, 6.45) is 0. The Balaban J connectivity index is 0.836. The van der Waals surface area contributed by atoms with Crippen molar-refractivity contribution in [1.29, 1.82) is 0 Å². The van der Waals surface area contributed by atoms with Crippen LogP contribution in [0.5, 0.6) is 0 Å². The number of halogens is 1. The van der Waals surface area contributed by atoms with Crippen LogP contribution in [0.4, 0.5) is 0 Å². The lowest BCUT2D eigenvalue weighted by atomic mass is 9.96. The lowest BCUT2D eigenvalue weighted by molar-refractivity contribution is 0.669. The first-order valence-electron chi connectivity index (χ1n) is 21.2. The summed E-state index contributed by atoms with van der Waals surface area (Å²) in [5.74, 6) is 0.997. The minimum Gasteiger partial charge on any atom is -0.456 e. The van der Waals surface area contributed by atoms with Crippen LogP contribution in [-0.2, 0) is 0 Å². The van der Waals surface area contributed by atoms with Crippen LogP contribution < -0.4 is 0 Å². The fourth-order valence-electron chi connectivity index (χ4n) is 9.29. The van der Waals surface area contributed by atoms with E-state index in [1.807, 2.05) is 59.9 Å². The van der Waals surface area contributed by atoms with Gasteiger partial charge < -0.3 is 9.40 Å². The molecule has 0 aliphatic carbocycles. The maximum Gasteiger partial charge on any atom is 0.226 e. The van der Waals surface area contributed by atoms with Gasteiger partial charge in [0.1, 0.15) is 11.2 Å². The molecule has 64 heavy (non-hydrogen) atoms. The Morgan fingerprint density at radius 3 is 1.70 bits per heavy atom. The number of aromatic nitrogens is 4. The van der Waals surface area contributed by atoms with Gasteiger partial charge in [-0.25, -0.2) is 4.98 Å². The number of nitrogens with zero attached hydrogens (tertiary/aromatic N) is 3. The summed E-state index contributed by atoms with van der Waals surface area (Å²) in [6.45, 7) is 0. The number of H-pyrrole nitrogens is 1. The standard InChI is InChI=1S/C57H33ClN4OS/c58-57-61-55(60-56(62-57)41-19-23-44-43-15-4-5-18-50(43)63-51(44)32-41)40-14-7-12-35(28-40)38-22-26-53-48(31-38)47-30-37(21-25-52(47)64-53)34-11-6-13-39(27-34)42-16-8-17-45-46-29-36(33-9-2-1-3-10-33)20-24-49(46)59-54(42)45/h1-32,59H. The molecule has 0 saturated heterocycles. The second-order valence-electron chi connectivity index (χ2n) is 16.2. The Morgan fingerprint density at radius 2 is 0.922 bits per heavy atom. The predicted octanol–water partition coefficient (Wildman–Crippen LogP) is 16.4. The molecule has 0 bridgehead atoms. The van der Waals surface area contributed by atoms with Gasteiger partial charge in [0.2, 0.25) is 5.28 Å². The molecule has 9 aromatic carbocycles. The van der Waals surface area contributed by atoms with Gasteiger partial charge in [-0.3, -0.25) is 0 Å². The fourth-order valence-corrected chi connectivity index (χ4v) is 10.5. The van der Waals surface area contributed by atoms with Gasteiger partial charge in [-0.1, -0.05) is 127 Å². The fraction of sp³-hybridized carbons (Fsp3) is 0. The highest BCUT2D eigenvalue weighted by Crippen LogP contribution is 2.41. The Morgan fingerprint density at radius 1 is 0.375 bits per heavy atom. The zero-order valence-corrected chi connectivity index (χ0v) is 35.6. The summed E-state index contributed by atoms with van der Waals surface area (Å²) in [7, 11) is 0. The SMILES string of the molecule is Clc1nc(-c2cccc(-c3ccc4sc5ccc(-c6cccc(-c7cccc8c7[nH]c7ccc(-c9ccccc9)cc78)c6)cc5c4c3)c2)nc(-c2ccc3c(c2)oc2ccccc23)n1. The molecular weight excluding hydrogens is 824 g/mol.